The van der Waals surface area contributed by atoms with E-state index in [4.69, 9.17) is 5.26 Å². The molecule has 0 aliphatic rings. The highest BCUT2D eigenvalue weighted by Crippen LogP contribution is 2.31. The summed E-state index contributed by atoms with van der Waals surface area (Å²) >= 11 is 0. The van der Waals surface area contributed by atoms with Gasteiger partial charge in [0.1, 0.15) is 11.6 Å². The van der Waals surface area contributed by atoms with E-state index in [1.165, 1.54) is 6.92 Å². The van der Waals surface area contributed by atoms with Crippen LogP contribution in [0.2, 0.25) is 0 Å². The maximum atomic E-state index is 13.1. The Morgan fingerprint density at radius 3 is 2.45 bits per heavy atom. The molecule has 1 aromatic carbocycles. The number of aryl methyl sites for hydroxylation is 1. The van der Waals surface area contributed by atoms with Gasteiger partial charge in [-0.1, -0.05) is 30.3 Å². The predicted octanol–water partition coefficient (Wildman–Crippen LogP) is 2.93. The predicted molar refractivity (Wildman–Crippen MR) is 74.6 cm³/mol. The third-order valence-corrected chi connectivity index (χ3v) is 2.88. The summed E-state index contributed by atoms with van der Waals surface area (Å²) < 4.78 is 39.6. The minimum absolute atomic E-state index is 0.223. The van der Waals surface area contributed by atoms with E-state index < -0.39 is 23.0 Å². The van der Waals surface area contributed by atoms with Gasteiger partial charge < -0.3 is 0 Å². The number of benzene rings is 1. The Hall–Kier alpha value is -2.88. The summed E-state index contributed by atoms with van der Waals surface area (Å²) in [4.78, 5) is 12.0. The van der Waals surface area contributed by atoms with E-state index in [0.29, 0.717) is 5.56 Å². The first-order valence-electron chi connectivity index (χ1n) is 6.18. The number of nitrogens with zero attached hydrogens (tertiary/aromatic N) is 3. The van der Waals surface area contributed by atoms with Gasteiger partial charge in [-0.25, -0.2) is 0 Å². The van der Waals surface area contributed by atoms with Crippen LogP contribution >= 0.6 is 0 Å². The minimum atomic E-state index is -4.76. The number of hydrogen-bond donors (Lipinski definition) is 0. The van der Waals surface area contributed by atoms with Crippen molar-refractivity contribution in [2.75, 3.05) is 0 Å². The number of aromatic nitrogens is 1. The molecule has 0 bridgehead atoms. The molecule has 4 nitrogen and oxygen atoms in total. The average Bonchev–Trinajstić information content (AvgIpc) is 2.47. The van der Waals surface area contributed by atoms with Gasteiger partial charge in [0.05, 0.1) is 6.21 Å². The number of alkyl halides is 3. The molecule has 0 aliphatic heterocycles. The molecule has 0 saturated heterocycles. The molecule has 1 aromatic heterocycles. The highest BCUT2D eigenvalue weighted by Gasteiger charge is 2.37. The monoisotopic (exact) mass is 305 g/mol. The number of pyridine rings is 1. The van der Waals surface area contributed by atoms with Crippen molar-refractivity contribution in [3.8, 4) is 6.07 Å². The van der Waals surface area contributed by atoms with Gasteiger partial charge >= 0.3 is 6.18 Å². The lowest BCUT2D eigenvalue weighted by Crippen LogP contribution is -2.28. The van der Waals surface area contributed by atoms with E-state index in [9.17, 15) is 18.0 Å². The quantitative estimate of drug-likeness (QED) is 0.801. The standard InChI is InChI=1S/C15H10F3N3O/c1-10-7-12(8-19)14(22)21(13(10)15(16,17)18)20-9-11-5-3-2-4-6-11/h2-7,9H,1H3/b20-9+. The zero-order valence-electron chi connectivity index (χ0n) is 11.4. The number of halogens is 3. The maximum absolute atomic E-state index is 13.1. The van der Waals surface area contributed by atoms with E-state index in [1.807, 2.05) is 0 Å². The summed E-state index contributed by atoms with van der Waals surface area (Å²) in [5.74, 6) is 0. The molecule has 0 aliphatic carbocycles. The van der Waals surface area contributed by atoms with Gasteiger partial charge in [-0.15, -0.1) is 0 Å². The van der Waals surface area contributed by atoms with Crippen LogP contribution in [-0.4, -0.2) is 10.9 Å². The normalized spacial score (nSPS) is 11.6. The topological polar surface area (TPSA) is 58.1 Å². The van der Waals surface area contributed by atoms with Gasteiger partial charge in [0, 0.05) is 0 Å². The molecular formula is C15H10F3N3O. The summed E-state index contributed by atoms with van der Waals surface area (Å²) in [6.07, 6.45) is -3.62. The van der Waals surface area contributed by atoms with Gasteiger partial charge in [0.25, 0.3) is 5.56 Å². The van der Waals surface area contributed by atoms with Crippen LogP contribution in [0.15, 0.2) is 46.3 Å². The van der Waals surface area contributed by atoms with Crippen molar-refractivity contribution in [1.82, 2.24) is 4.68 Å². The third kappa shape index (κ3) is 3.06. The zero-order chi connectivity index (χ0) is 16.3. The molecule has 0 fully saturated rings. The molecule has 0 amide bonds. The summed E-state index contributed by atoms with van der Waals surface area (Å²) in [6.45, 7) is 1.18. The van der Waals surface area contributed by atoms with Crippen LogP contribution < -0.4 is 5.56 Å². The highest BCUT2D eigenvalue weighted by molar-refractivity contribution is 5.79. The molecule has 2 rings (SSSR count). The number of nitriles is 1. The Bertz CT molecular complexity index is 815. The summed E-state index contributed by atoms with van der Waals surface area (Å²) in [5.41, 5.74) is -2.40. The SMILES string of the molecule is Cc1cc(C#N)c(=O)n(/N=C/c2ccccc2)c1C(F)(F)F. The van der Waals surface area contributed by atoms with Gasteiger partial charge in [-0.2, -0.15) is 28.2 Å². The van der Waals surface area contributed by atoms with Crippen LogP contribution in [-0.2, 0) is 6.18 Å². The molecule has 2 aromatic rings. The summed E-state index contributed by atoms with van der Waals surface area (Å²) in [5, 5.41) is 12.5. The lowest BCUT2D eigenvalue weighted by molar-refractivity contribution is -0.144. The van der Waals surface area contributed by atoms with Crippen molar-refractivity contribution in [1.29, 1.82) is 5.26 Å². The first-order chi connectivity index (χ1) is 10.3. The van der Waals surface area contributed by atoms with Crippen LogP contribution in [0.3, 0.4) is 0 Å². The second-order valence-electron chi connectivity index (χ2n) is 4.47. The first-order valence-corrected chi connectivity index (χ1v) is 6.18. The lowest BCUT2D eigenvalue weighted by atomic mass is 10.1. The fourth-order valence-electron chi connectivity index (χ4n) is 1.93. The van der Waals surface area contributed by atoms with E-state index in [0.717, 1.165) is 12.3 Å². The van der Waals surface area contributed by atoms with Crippen molar-refractivity contribution in [2.45, 2.75) is 13.1 Å². The van der Waals surface area contributed by atoms with Crippen molar-refractivity contribution in [3.63, 3.8) is 0 Å². The van der Waals surface area contributed by atoms with Gasteiger partial charge in [-0.3, -0.25) is 4.79 Å². The summed E-state index contributed by atoms with van der Waals surface area (Å²) in [6, 6.07) is 10.9. The molecule has 0 N–H and O–H groups in total. The van der Waals surface area contributed by atoms with Crippen LogP contribution in [0.25, 0.3) is 0 Å². The molecule has 1 heterocycles. The van der Waals surface area contributed by atoms with E-state index >= 15 is 0 Å². The van der Waals surface area contributed by atoms with Crippen molar-refractivity contribution in [3.05, 3.63) is 69.1 Å². The summed E-state index contributed by atoms with van der Waals surface area (Å²) in [7, 11) is 0. The lowest BCUT2D eigenvalue weighted by Gasteiger charge is -2.14. The fraction of sp³-hybridized carbons (Fsp3) is 0.133. The average molecular weight is 305 g/mol. The van der Waals surface area contributed by atoms with Crippen molar-refractivity contribution < 1.29 is 13.2 Å². The van der Waals surface area contributed by atoms with Crippen molar-refractivity contribution >= 4 is 6.21 Å². The van der Waals surface area contributed by atoms with E-state index in [2.05, 4.69) is 5.10 Å². The molecule has 0 spiro atoms. The minimum Gasteiger partial charge on any atom is -0.266 e. The highest BCUT2D eigenvalue weighted by atomic mass is 19.4. The van der Waals surface area contributed by atoms with Crippen LogP contribution in [0.1, 0.15) is 22.4 Å². The van der Waals surface area contributed by atoms with Crippen LogP contribution in [0, 0.1) is 18.3 Å². The smallest absolute Gasteiger partial charge is 0.266 e. The zero-order valence-corrected chi connectivity index (χ0v) is 11.4. The largest absolute Gasteiger partial charge is 0.433 e. The number of rotatable bonds is 2. The van der Waals surface area contributed by atoms with Gasteiger partial charge in [0.15, 0.2) is 5.69 Å². The maximum Gasteiger partial charge on any atom is 0.433 e. The Morgan fingerprint density at radius 2 is 1.91 bits per heavy atom. The molecule has 0 atom stereocenters. The second kappa shape index (κ2) is 5.85. The first kappa shape index (κ1) is 15.5. The molecule has 22 heavy (non-hydrogen) atoms. The molecular weight excluding hydrogens is 295 g/mol. The molecule has 0 saturated carbocycles. The molecule has 112 valence electrons. The number of hydrogen-bond acceptors (Lipinski definition) is 3. The Kier molecular flexibility index (Phi) is 4.13. The molecule has 0 unspecified atom stereocenters. The van der Waals surface area contributed by atoms with Gasteiger partial charge in [0.2, 0.25) is 0 Å². The fourth-order valence-corrected chi connectivity index (χ4v) is 1.93. The van der Waals surface area contributed by atoms with Crippen LogP contribution in [0.4, 0.5) is 13.2 Å². The molecule has 7 heteroatoms. The van der Waals surface area contributed by atoms with Gasteiger partial charge in [-0.05, 0) is 24.1 Å². The van der Waals surface area contributed by atoms with Crippen LogP contribution in [0.5, 0.6) is 0 Å². The Morgan fingerprint density at radius 1 is 1.27 bits per heavy atom. The van der Waals surface area contributed by atoms with E-state index in [-0.39, 0.29) is 10.2 Å². The Balaban J connectivity index is 2.68. The molecule has 0 radical (unpaired) electrons. The Labute approximate surface area is 123 Å². The second-order valence-corrected chi connectivity index (χ2v) is 4.47. The van der Waals surface area contributed by atoms with Crippen molar-refractivity contribution in [2.24, 2.45) is 5.10 Å². The van der Waals surface area contributed by atoms with E-state index in [1.54, 1.807) is 36.4 Å². The third-order valence-electron chi connectivity index (χ3n) is 2.88.